The fourth-order valence-electron chi connectivity index (χ4n) is 2.23. The third-order valence-corrected chi connectivity index (χ3v) is 3.20. The van der Waals surface area contributed by atoms with Gasteiger partial charge in [0.25, 0.3) is 0 Å². The van der Waals surface area contributed by atoms with Crippen molar-refractivity contribution in [3.63, 3.8) is 0 Å². The first-order chi connectivity index (χ1) is 8.88. The van der Waals surface area contributed by atoms with Gasteiger partial charge in [0.05, 0.1) is 11.3 Å². The van der Waals surface area contributed by atoms with Gasteiger partial charge < -0.3 is 9.84 Å². The van der Waals surface area contributed by atoms with Crippen LogP contribution in [0.1, 0.15) is 30.8 Å². The zero-order valence-corrected chi connectivity index (χ0v) is 10.3. The van der Waals surface area contributed by atoms with E-state index >= 15 is 0 Å². The van der Waals surface area contributed by atoms with Crippen LogP contribution < -0.4 is 5.32 Å². The molecule has 6 nitrogen and oxygen atoms in total. The maximum atomic E-state index is 5.15. The summed E-state index contributed by atoms with van der Waals surface area (Å²) in [4.78, 5) is 12.8. The van der Waals surface area contributed by atoms with Gasteiger partial charge in [-0.25, -0.2) is 9.97 Å². The van der Waals surface area contributed by atoms with E-state index in [1.165, 1.54) is 0 Å². The summed E-state index contributed by atoms with van der Waals surface area (Å²) in [5, 5.41) is 7.34. The Labute approximate surface area is 105 Å². The minimum absolute atomic E-state index is 0.409. The molecule has 1 fully saturated rings. The van der Waals surface area contributed by atoms with Crippen LogP contribution in [0.5, 0.6) is 0 Å². The lowest BCUT2D eigenvalue weighted by molar-refractivity contribution is 0.382. The second kappa shape index (κ2) is 4.81. The molecule has 0 radical (unpaired) electrons. The van der Waals surface area contributed by atoms with Gasteiger partial charge in [0.15, 0.2) is 0 Å². The molecule has 1 N–H and O–H groups in total. The minimum Gasteiger partial charge on any atom is -0.339 e. The zero-order chi connectivity index (χ0) is 12.4. The topological polar surface area (TPSA) is 76.7 Å². The summed E-state index contributed by atoms with van der Waals surface area (Å²) in [7, 11) is 0. The Balaban J connectivity index is 2.00. The average Bonchev–Trinajstić information content (AvgIpc) is 3.10. The first-order valence-corrected chi connectivity index (χ1v) is 6.22. The summed E-state index contributed by atoms with van der Waals surface area (Å²) < 4.78 is 5.15. The van der Waals surface area contributed by atoms with E-state index in [0.29, 0.717) is 17.6 Å². The zero-order valence-electron chi connectivity index (χ0n) is 10.3. The first-order valence-electron chi connectivity index (χ1n) is 6.22. The molecule has 1 atom stereocenters. The molecule has 0 aromatic carbocycles. The highest BCUT2D eigenvalue weighted by Crippen LogP contribution is 2.28. The van der Waals surface area contributed by atoms with Crippen LogP contribution in [-0.4, -0.2) is 33.2 Å². The van der Waals surface area contributed by atoms with Gasteiger partial charge in [-0.3, -0.25) is 0 Å². The summed E-state index contributed by atoms with van der Waals surface area (Å²) in [6.07, 6.45) is 5.17. The van der Waals surface area contributed by atoms with Crippen LogP contribution in [0.4, 0.5) is 0 Å². The summed E-state index contributed by atoms with van der Waals surface area (Å²) >= 11 is 0. The predicted octanol–water partition coefficient (Wildman–Crippen LogP) is 1.17. The second-order valence-electron chi connectivity index (χ2n) is 4.38. The van der Waals surface area contributed by atoms with Crippen molar-refractivity contribution in [1.29, 1.82) is 0 Å². The molecule has 2 aromatic heterocycles. The smallest absolute Gasteiger partial charge is 0.226 e. The third-order valence-electron chi connectivity index (χ3n) is 3.20. The summed E-state index contributed by atoms with van der Waals surface area (Å²) in [6, 6.07) is 0. The molecule has 94 valence electrons. The number of hydrogen-bond donors (Lipinski definition) is 1. The first kappa shape index (κ1) is 11.3. The van der Waals surface area contributed by atoms with Gasteiger partial charge in [-0.15, -0.1) is 0 Å². The molecule has 0 amide bonds. The molecule has 1 aliphatic heterocycles. The van der Waals surface area contributed by atoms with Gasteiger partial charge in [-0.2, -0.15) is 4.98 Å². The standard InChI is InChI=1S/C12H15N5O/c1-2-10-16-12(17-18-10)9-6-14-7-15-11(9)8-3-4-13-5-8/h6-8,13H,2-5H2,1H3/t8-/m0/s1. The predicted molar refractivity (Wildman–Crippen MR) is 64.9 cm³/mol. The molecule has 3 heterocycles. The van der Waals surface area contributed by atoms with Crippen LogP contribution in [0.15, 0.2) is 17.0 Å². The van der Waals surface area contributed by atoms with Crippen LogP contribution in [0.25, 0.3) is 11.4 Å². The van der Waals surface area contributed by atoms with Crippen molar-refractivity contribution in [2.45, 2.75) is 25.7 Å². The molecule has 0 unspecified atom stereocenters. The lowest BCUT2D eigenvalue weighted by Crippen LogP contribution is -2.10. The Kier molecular flexibility index (Phi) is 3.02. The van der Waals surface area contributed by atoms with E-state index in [-0.39, 0.29) is 0 Å². The fourth-order valence-corrected chi connectivity index (χ4v) is 2.23. The van der Waals surface area contributed by atoms with Gasteiger partial charge in [-0.1, -0.05) is 12.1 Å². The molecule has 1 aliphatic rings. The molecule has 3 rings (SSSR count). The van der Waals surface area contributed by atoms with Crippen molar-refractivity contribution < 1.29 is 4.52 Å². The molecular weight excluding hydrogens is 230 g/mol. The Bertz CT molecular complexity index is 533. The number of aromatic nitrogens is 4. The molecular formula is C12H15N5O. The number of nitrogens with zero attached hydrogens (tertiary/aromatic N) is 4. The Morgan fingerprint density at radius 3 is 3.17 bits per heavy atom. The van der Waals surface area contributed by atoms with Crippen molar-refractivity contribution in [2.75, 3.05) is 13.1 Å². The summed E-state index contributed by atoms with van der Waals surface area (Å²) in [5.74, 6) is 1.64. The Morgan fingerprint density at radius 2 is 2.44 bits per heavy atom. The van der Waals surface area contributed by atoms with E-state index in [1.807, 2.05) is 6.92 Å². The van der Waals surface area contributed by atoms with Crippen LogP contribution in [0.2, 0.25) is 0 Å². The van der Waals surface area contributed by atoms with Crippen LogP contribution in [0, 0.1) is 0 Å². The van der Waals surface area contributed by atoms with Crippen LogP contribution in [0.3, 0.4) is 0 Å². The van der Waals surface area contributed by atoms with Crippen molar-refractivity contribution in [3.05, 3.63) is 24.1 Å². The van der Waals surface area contributed by atoms with Crippen LogP contribution >= 0.6 is 0 Å². The van der Waals surface area contributed by atoms with Crippen molar-refractivity contribution in [1.82, 2.24) is 25.4 Å². The van der Waals surface area contributed by atoms with Crippen LogP contribution in [-0.2, 0) is 6.42 Å². The SMILES string of the molecule is CCc1nc(-c2cncnc2[C@H]2CCNC2)no1. The molecule has 18 heavy (non-hydrogen) atoms. The monoisotopic (exact) mass is 245 g/mol. The minimum atomic E-state index is 0.409. The maximum absolute atomic E-state index is 5.15. The highest BCUT2D eigenvalue weighted by atomic mass is 16.5. The molecule has 6 heteroatoms. The van der Waals surface area contributed by atoms with Crippen molar-refractivity contribution in [3.8, 4) is 11.4 Å². The van der Waals surface area contributed by atoms with Gasteiger partial charge in [-0.05, 0) is 13.0 Å². The lowest BCUT2D eigenvalue weighted by Gasteiger charge is -2.10. The Hall–Kier alpha value is -1.82. The average molecular weight is 245 g/mol. The molecule has 1 saturated heterocycles. The molecule has 2 aromatic rings. The van der Waals surface area contributed by atoms with Crippen molar-refractivity contribution >= 4 is 0 Å². The summed E-state index contributed by atoms with van der Waals surface area (Å²) in [6.45, 7) is 3.96. The van der Waals surface area contributed by atoms with E-state index in [4.69, 9.17) is 4.52 Å². The highest BCUT2D eigenvalue weighted by Gasteiger charge is 2.23. The van der Waals surface area contributed by atoms with Crippen molar-refractivity contribution in [2.24, 2.45) is 0 Å². The van der Waals surface area contributed by atoms with Gasteiger partial charge >= 0.3 is 0 Å². The molecule has 0 saturated carbocycles. The molecule has 0 spiro atoms. The van der Waals surface area contributed by atoms with E-state index in [2.05, 4.69) is 25.4 Å². The van der Waals surface area contributed by atoms with E-state index in [1.54, 1.807) is 12.5 Å². The molecule has 0 bridgehead atoms. The Morgan fingerprint density at radius 1 is 1.50 bits per heavy atom. The van der Waals surface area contributed by atoms with Gasteiger partial charge in [0.1, 0.15) is 6.33 Å². The van der Waals surface area contributed by atoms with E-state index in [0.717, 1.165) is 37.2 Å². The van der Waals surface area contributed by atoms with Gasteiger partial charge in [0.2, 0.25) is 11.7 Å². The largest absolute Gasteiger partial charge is 0.339 e. The van der Waals surface area contributed by atoms with Gasteiger partial charge in [0, 0.05) is 25.1 Å². The fraction of sp³-hybridized carbons (Fsp3) is 0.500. The third kappa shape index (κ3) is 1.99. The van der Waals surface area contributed by atoms with E-state index in [9.17, 15) is 0 Å². The quantitative estimate of drug-likeness (QED) is 0.874. The molecule has 0 aliphatic carbocycles. The number of hydrogen-bond acceptors (Lipinski definition) is 6. The summed E-state index contributed by atoms with van der Waals surface area (Å²) in [5.41, 5.74) is 1.90. The number of nitrogens with one attached hydrogen (secondary N) is 1. The second-order valence-corrected chi connectivity index (χ2v) is 4.38. The number of aryl methyl sites for hydroxylation is 1. The normalized spacial score (nSPS) is 19.3. The lowest BCUT2D eigenvalue weighted by atomic mass is 10.00. The number of rotatable bonds is 3. The van der Waals surface area contributed by atoms with E-state index < -0.39 is 0 Å². The maximum Gasteiger partial charge on any atom is 0.226 e. The highest BCUT2D eigenvalue weighted by molar-refractivity contribution is 5.57.